The maximum Gasteiger partial charge on any atom is 0.335 e. The summed E-state index contributed by atoms with van der Waals surface area (Å²) in [7, 11) is 3.16. The molecule has 1 heterocycles. The zero-order chi connectivity index (χ0) is 15.7. The molecule has 112 valence electrons. The van der Waals surface area contributed by atoms with Crippen molar-refractivity contribution in [1.82, 2.24) is 9.97 Å². The largest absolute Gasteiger partial charge is 0.497 e. The van der Waals surface area contributed by atoms with E-state index in [1.54, 1.807) is 32.4 Å². The molecule has 0 unspecified atom stereocenters. The highest BCUT2D eigenvalue weighted by atomic mass is 16.5. The summed E-state index contributed by atoms with van der Waals surface area (Å²) >= 11 is 0. The van der Waals surface area contributed by atoms with Gasteiger partial charge < -0.3 is 19.6 Å². The molecule has 6 heteroatoms. The number of fused-ring (bicyclic) bond motifs is 1. The molecule has 0 fully saturated rings. The van der Waals surface area contributed by atoms with Crippen LogP contribution in [-0.2, 0) is 0 Å². The van der Waals surface area contributed by atoms with Crippen LogP contribution < -0.4 is 9.47 Å². The Morgan fingerprint density at radius 2 is 1.77 bits per heavy atom. The lowest BCUT2D eigenvalue weighted by Crippen LogP contribution is -1.94. The Hall–Kier alpha value is -3.02. The summed E-state index contributed by atoms with van der Waals surface area (Å²) in [6.07, 6.45) is 0. The maximum atomic E-state index is 11.0. The number of nitrogens with one attached hydrogen (secondary N) is 1. The van der Waals surface area contributed by atoms with E-state index in [1.165, 1.54) is 6.07 Å². The van der Waals surface area contributed by atoms with Crippen molar-refractivity contribution >= 4 is 17.0 Å². The molecule has 0 bridgehead atoms. The van der Waals surface area contributed by atoms with Crippen LogP contribution >= 0.6 is 0 Å². The van der Waals surface area contributed by atoms with Gasteiger partial charge in [-0.2, -0.15) is 0 Å². The number of carboxylic acid groups (broad SMARTS) is 1. The van der Waals surface area contributed by atoms with Crippen LogP contribution in [0.15, 0.2) is 36.4 Å². The zero-order valence-corrected chi connectivity index (χ0v) is 12.1. The van der Waals surface area contributed by atoms with Gasteiger partial charge >= 0.3 is 5.97 Å². The summed E-state index contributed by atoms with van der Waals surface area (Å²) in [6.45, 7) is 0. The van der Waals surface area contributed by atoms with Crippen LogP contribution in [-0.4, -0.2) is 35.3 Å². The lowest BCUT2D eigenvalue weighted by Gasteiger charge is -2.06. The highest BCUT2D eigenvalue weighted by Gasteiger charge is 2.11. The summed E-state index contributed by atoms with van der Waals surface area (Å²) in [5.41, 5.74) is 2.37. The van der Waals surface area contributed by atoms with E-state index in [0.29, 0.717) is 28.4 Å². The number of hydrogen-bond acceptors (Lipinski definition) is 4. The highest BCUT2D eigenvalue weighted by Crippen LogP contribution is 2.29. The number of ether oxygens (including phenoxy) is 2. The van der Waals surface area contributed by atoms with E-state index in [-0.39, 0.29) is 5.56 Å². The van der Waals surface area contributed by atoms with Crippen LogP contribution in [0, 0.1) is 0 Å². The molecule has 0 amide bonds. The summed E-state index contributed by atoms with van der Waals surface area (Å²) in [4.78, 5) is 18.6. The molecule has 3 rings (SSSR count). The van der Waals surface area contributed by atoms with Gasteiger partial charge in [0.05, 0.1) is 30.8 Å². The van der Waals surface area contributed by atoms with Crippen molar-refractivity contribution in [3.8, 4) is 22.9 Å². The summed E-state index contributed by atoms with van der Waals surface area (Å²) in [6, 6.07) is 10.2. The number of rotatable bonds is 4. The number of hydrogen-bond donors (Lipinski definition) is 2. The van der Waals surface area contributed by atoms with Gasteiger partial charge in [-0.3, -0.25) is 0 Å². The summed E-state index contributed by atoms with van der Waals surface area (Å²) < 4.78 is 10.5. The van der Waals surface area contributed by atoms with E-state index in [4.69, 9.17) is 14.6 Å². The Bertz CT molecular complexity index is 832. The third kappa shape index (κ3) is 2.46. The fraction of sp³-hybridized carbons (Fsp3) is 0.125. The van der Waals surface area contributed by atoms with Crippen molar-refractivity contribution in [2.75, 3.05) is 14.2 Å². The number of aromatic nitrogens is 2. The molecule has 0 atom stereocenters. The number of benzene rings is 2. The van der Waals surface area contributed by atoms with E-state index < -0.39 is 5.97 Å². The van der Waals surface area contributed by atoms with Crippen LogP contribution in [0.25, 0.3) is 22.4 Å². The van der Waals surface area contributed by atoms with Gasteiger partial charge in [0, 0.05) is 11.6 Å². The predicted molar refractivity (Wildman–Crippen MR) is 81.6 cm³/mol. The van der Waals surface area contributed by atoms with Gasteiger partial charge in [-0.05, 0) is 30.3 Å². The van der Waals surface area contributed by atoms with Crippen LogP contribution in [0.1, 0.15) is 10.4 Å². The lowest BCUT2D eigenvalue weighted by atomic mass is 10.2. The second-order valence-electron chi connectivity index (χ2n) is 4.72. The Kier molecular flexibility index (Phi) is 3.42. The second-order valence-corrected chi connectivity index (χ2v) is 4.72. The molecule has 0 radical (unpaired) electrons. The molecule has 22 heavy (non-hydrogen) atoms. The number of methoxy groups -OCH3 is 2. The SMILES string of the molecule is COc1cc(OC)cc(-c2nc3ccc(C(=O)O)cc3[nH]2)c1. The normalized spacial score (nSPS) is 10.6. The van der Waals surface area contributed by atoms with E-state index >= 15 is 0 Å². The van der Waals surface area contributed by atoms with Crippen LogP contribution in [0.2, 0.25) is 0 Å². The number of carbonyl (C=O) groups is 1. The van der Waals surface area contributed by atoms with E-state index in [1.807, 2.05) is 12.1 Å². The lowest BCUT2D eigenvalue weighted by molar-refractivity contribution is 0.0697. The minimum absolute atomic E-state index is 0.214. The number of aromatic amines is 1. The third-order valence-corrected chi connectivity index (χ3v) is 3.35. The van der Waals surface area contributed by atoms with Crippen LogP contribution in [0.5, 0.6) is 11.5 Å². The Morgan fingerprint density at radius 3 is 2.36 bits per heavy atom. The molecule has 0 saturated heterocycles. The molecular formula is C16H14N2O4. The smallest absolute Gasteiger partial charge is 0.335 e. The first-order valence-electron chi connectivity index (χ1n) is 6.57. The Balaban J connectivity index is 2.11. The Morgan fingerprint density at radius 1 is 1.09 bits per heavy atom. The summed E-state index contributed by atoms with van der Waals surface area (Å²) in [5.74, 6) is 0.956. The molecule has 0 aliphatic heterocycles. The average Bonchev–Trinajstić information content (AvgIpc) is 2.97. The third-order valence-electron chi connectivity index (χ3n) is 3.35. The molecule has 2 N–H and O–H groups in total. The molecule has 0 spiro atoms. The first kappa shape index (κ1) is 13.9. The van der Waals surface area contributed by atoms with Gasteiger partial charge in [0.2, 0.25) is 0 Å². The Labute approximate surface area is 126 Å². The zero-order valence-electron chi connectivity index (χ0n) is 12.1. The number of aromatic carboxylic acids is 1. The molecular weight excluding hydrogens is 284 g/mol. The first-order chi connectivity index (χ1) is 10.6. The number of imidazole rings is 1. The average molecular weight is 298 g/mol. The van der Waals surface area contributed by atoms with Crippen LogP contribution in [0.4, 0.5) is 0 Å². The van der Waals surface area contributed by atoms with E-state index in [2.05, 4.69) is 9.97 Å². The fourth-order valence-corrected chi connectivity index (χ4v) is 2.22. The highest BCUT2D eigenvalue weighted by molar-refractivity contribution is 5.93. The fourth-order valence-electron chi connectivity index (χ4n) is 2.22. The van der Waals surface area contributed by atoms with Gasteiger partial charge in [0.15, 0.2) is 0 Å². The maximum absolute atomic E-state index is 11.0. The van der Waals surface area contributed by atoms with E-state index in [9.17, 15) is 4.79 Å². The molecule has 1 aromatic heterocycles. The van der Waals surface area contributed by atoms with Crippen molar-refractivity contribution in [3.05, 3.63) is 42.0 Å². The second kappa shape index (κ2) is 5.40. The minimum Gasteiger partial charge on any atom is -0.497 e. The van der Waals surface area contributed by atoms with Crippen molar-refractivity contribution < 1.29 is 19.4 Å². The molecule has 3 aromatic rings. The summed E-state index contributed by atoms with van der Waals surface area (Å²) in [5, 5.41) is 9.04. The van der Waals surface area contributed by atoms with Crippen molar-refractivity contribution in [2.24, 2.45) is 0 Å². The molecule has 0 aliphatic rings. The van der Waals surface area contributed by atoms with Crippen molar-refractivity contribution in [1.29, 1.82) is 0 Å². The van der Waals surface area contributed by atoms with Crippen molar-refractivity contribution in [2.45, 2.75) is 0 Å². The van der Waals surface area contributed by atoms with Gasteiger partial charge in [-0.1, -0.05) is 0 Å². The monoisotopic (exact) mass is 298 g/mol. The molecule has 0 aliphatic carbocycles. The van der Waals surface area contributed by atoms with Gasteiger partial charge in [-0.25, -0.2) is 9.78 Å². The van der Waals surface area contributed by atoms with Gasteiger partial charge in [0.1, 0.15) is 17.3 Å². The molecule has 0 saturated carbocycles. The topological polar surface area (TPSA) is 84.4 Å². The van der Waals surface area contributed by atoms with Gasteiger partial charge in [-0.15, -0.1) is 0 Å². The molecule has 6 nitrogen and oxygen atoms in total. The number of H-pyrrole nitrogens is 1. The van der Waals surface area contributed by atoms with E-state index in [0.717, 1.165) is 5.56 Å². The number of nitrogens with zero attached hydrogens (tertiary/aromatic N) is 1. The minimum atomic E-state index is -0.971. The first-order valence-corrected chi connectivity index (χ1v) is 6.57. The quantitative estimate of drug-likeness (QED) is 0.773. The predicted octanol–water partition coefficient (Wildman–Crippen LogP) is 2.95. The standard InChI is InChI=1S/C16H14N2O4/c1-21-11-5-10(6-12(8-11)22-2)15-17-13-4-3-9(16(19)20)7-14(13)18-15/h3-8H,1-2H3,(H,17,18)(H,19,20). The van der Waals surface area contributed by atoms with Crippen molar-refractivity contribution in [3.63, 3.8) is 0 Å². The van der Waals surface area contributed by atoms with Crippen LogP contribution in [0.3, 0.4) is 0 Å². The number of carboxylic acids is 1. The molecule has 2 aromatic carbocycles. The van der Waals surface area contributed by atoms with Gasteiger partial charge in [0.25, 0.3) is 0 Å².